The van der Waals surface area contributed by atoms with E-state index in [-0.39, 0.29) is 22.4 Å². The van der Waals surface area contributed by atoms with E-state index in [0.29, 0.717) is 37.1 Å². The zero-order valence-corrected chi connectivity index (χ0v) is 20.7. The highest BCUT2D eigenvalue weighted by Gasteiger charge is 2.26. The lowest BCUT2D eigenvalue weighted by Gasteiger charge is -2.32. The predicted octanol–water partition coefficient (Wildman–Crippen LogP) is 4.08. The molecule has 36 heavy (non-hydrogen) atoms. The molecule has 0 aliphatic carbocycles. The number of carbonyl (C=O) groups excluding carboxylic acids is 1. The number of rotatable bonds is 7. The first-order chi connectivity index (χ1) is 17.4. The van der Waals surface area contributed by atoms with E-state index in [0.717, 1.165) is 22.4 Å². The van der Waals surface area contributed by atoms with Crippen LogP contribution in [0, 0.1) is 5.82 Å². The minimum Gasteiger partial charge on any atom is -0.384 e. The van der Waals surface area contributed by atoms with Crippen LogP contribution in [0.1, 0.15) is 25.3 Å². The maximum atomic E-state index is 14.2. The molecule has 1 aliphatic rings. The maximum absolute atomic E-state index is 14.2. The summed E-state index contributed by atoms with van der Waals surface area (Å²) in [6, 6.07) is 12.4. The number of ether oxygens (including phenoxy) is 1. The van der Waals surface area contributed by atoms with Crippen molar-refractivity contribution >= 4 is 26.8 Å². The van der Waals surface area contributed by atoms with Crippen LogP contribution in [0.4, 0.5) is 4.39 Å². The Morgan fingerprint density at radius 3 is 2.58 bits per heavy atom. The molecule has 0 N–H and O–H groups in total. The van der Waals surface area contributed by atoms with Crippen LogP contribution in [0.2, 0.25) is 0 Å². The summed E-state index contributed by atoms with van der Waals surface area (Å²) in [4.78, 5) is 14.3. The number of likely N-dealkylation sites (tertiary alicyclic amines) is 1. The van der Waals surface area contributed by atoms with Crippen molar-refractivity contribution in [3.05, 3.63) is 72.9 Å². The molecule has 0 unspecified atom stereocenters. The van der Waals surface area contributed by atoms with Crippen molar-refractivity contribution in [1.29, 1.82) is 0 Å². The second-order valence-corrected chi connectivity index (χ2v) is 10.7. The molecule has 0 spiro atoms. The van der Waals surface area contributed by atoms with Crippen molar-refractivity contribution in [1.82, 2.24) is 18.7 Å². The third-order valence-electron chi connectivity index (χ3n) is 6.66. The Balaban J connectivity index is 1.44. The number of amides is 1. The first kappa shape index (κ1) is 24.2. The highest BCUT2D eigenvalue weighted by atomic mass is 32.2. The molecule has 188 valence electrons. The average molecular weight is 511 g/mol. The SMILES string of the molecule is COCCC(=O)N1CCC(n2cc(-c3cn(S(=O)(=O)c4ccccc4)c4cc(F)ccc34)cn2)CC1. The monoisotopic (exact) mass is 510 g/mol. The van der Waals surface area contributed by atoms with E-state index in [1.807, 2.05) is 15.8 Å². The van der Waals surface area contributed by atoms with Crippen LogP contribution in [0.25, 0.3) is 22.0 Å². The number of piperidine rings is 1. The number of benzene rings is 2. The Hall–Kier alpha value is -3.50. The van der Waals surface area contributed by atoms with Gasteiger partial charge in [-0.05, 0) is 43.2 Å². The summed E-state index contributed by atoms with van der Waals surface area (Å²) in [6.45, 7) is 1.71. The summed E-state index contributed by atoms with van der Waals surface area (Å²) in [5.74, 6) is -0.421. The predicted molar refractivity (Wildman–Crippen MR) is 133 cm³/mol. The van der Waals surface area contributed by atoms with Crippen LogP contribution in [-0.2, 0) is 19.6 Å². The first-order valence-corrected chi connectivity index (χ1v) is 13.2. The summed E-state index contributed by atoms with van der Waals surface area (Å²) in [6.07, 6.45) is 7.05. The van der Waals surface area contributed by atoms with Crippen molar-refractivity contribution in [2.45, 2.75) is 30.2 Å². The molecule has 10 heteroatoms. The zero-order valence-electron chi connectivity index (χ0n) is 19.9. The molecule has 1 fully saturated rings. The van der Waals surface area contributed by atoms with Crippen molar-refractivity contribution in [3.8, 4) is 11.1 Å². The molecule has 1 amide bonds. The van der Waals surface area contributed by atoms with Gasteiger partial charge in [-0.3, -0.25) is 9.48 Å². The van der Waals surface area contributed by atoms with Gasteiger partial charge in [0.2, 0.25) is 5.91 Å². The van der Waals surface area contributed by atoms with Crippen LogP contribution in [0.3, 0.4) is 0 Å². The van der Waals surface area contributed by atoms with E-state index in [9.17, 15) is 17.6 Å². The third kappa shape index (κ3) is 4.54. The Labute approximate surface area is 208 Å². The molecule has 0 saturated carbocycles. The second kappa shape index (κ2) is 9.87. The largest absolute Gasteiger partial charge is 0.384 e. The fourth-order valence-corrected chi connectivity index (χ4v) is 6.09. The molecule has 0 bridgehead atoms. The quantitative estimate of drug-likeness (QED) is 0.374. The summed E-state index contributed by atoms with van der Waals surface area (Å²) in [7, 11) is -2.34. The highest BCUT2D eigenvalue weighted by Crippen LogP contribution is 2.34. The minimum atomic E-state index is -3.93. The Bertz CT molecular complexity index is 1490. The molecule has 1 saturated heterocycles. The Kier molecular flexibility index (Phi) is 6.63. The fourth-order valence-electron chi connectivity index (χ4n) is 4.71. The topological polar surface area (TPSA) is 86.4 Å². The molecule has 1 aliphatic heterocycles. The lowest BCUT2D eigenvalue weighted by atomic mass is 10.0. The van der Waals surface area contributed by atoms with Gasteiger partial charge in [0.1, 0.15) is 5.82 Å². The Morgan fingerprint density at radius 2 is 1.86 bits per heavy atom. The normalized spacial score (nSPS) is 15.0. The second-order valence-electron chi connectivity index (χ2n) is 8.88. The van der Waals surface area contributed by atoms with Gasteiger partial charge < -0.3 is 9.64 Å². The highest BCUT2D eigenvalue weighted by molar-refractivity contribution is 7.90. The van der Waals surface area contributed by atoms with Gasteiger partial charge in [-0.2, -0.15) is 5.10 Å². The van der Waals surface area contributed by atoms with Crippen LogP contribution >= 0.6 is 0 Å². The van der Waals surface area contributed by atoms with Crippen molar-refractivity contribution in [2.75, 3.05) is 26.8 Å². The number of halogens is 1. The maximum Gasteiger partial charge on any atom is 0.268 e. The van der Waals surface area contributed by atoms with Gasteiger partial charge >= 0.3 is 0 Å². The number of methoxy groups -OCH3 is 1. The van der Waals surface area contributed by atoms with Gasteiger partial charge in [0.05, 0.1) is 35.7 Å². The van der Waals surface area contributed by atoms with Gasteiger partial charge in [0.25, 0.3) is 10.0 Å². The van der Waals surface area contributed by atoms with Crippen LogP contribution < -0.4 is 0 Å². The standard InChI is InChI=1S/C26H27FN4O4S/c1-35-14-11-26(32)29-12-9-21(10-13-29)30-17-19(16-28-30)24-18-31(25-15-20(27)7-8-23(24)25)36(33,34)22-5-3-2-4-6-22/h2-8,15-18,21H,9-14H2,1H3. The van der Waals surface area contributed by atoms with E-state index >= 15 is 0 Å². The van der Waals surface area contributed by atoms with Crippen LogP contribution in [0.15, 0.2) is 72.0 Å². The number of aromatic nitrogens is 3. The number of hydrogen-bond donors (Lipinski definition) is 0. The number of carbonyl (C=O) groups is 1. The van der Waals surface area contributed by atoms with Crippen molar-refractivity contribution in [2.24, 2.45) is 0 Å². The van der Waals surface area contributed by atoms with Gasteiger partial charge in [0, 0.05) is 49.1 Å². The molecule has 4 aromatic rings. The number of hydrogen-bond acceptors (Lipinski definition) is 5. The van der Waals surface area contributed by atoms with Crippen molar-refractivity contribution in [3.63, 3.8) is 0 Å². The third-order valence-corrected chi connectivity index (χ3v) is 8.35. The summed E-state index contributed by atoms with van der Waals surface area (Å²) >= 11 is 0. The van der Waals surface area contributed by atoms with E-state index in [1.54, 1.807) is 37.6 Å². The average Bonchev–Trinajstić information content (AvgIpc) is 3.53. The summed E-state index contributed by atoms with van der Waals surface area (Å²) < 4.78 is 49.0. The van der Waals surface area contributed by atoms with E-state index in [2.05, 4.69) is 5.10 Å². The van der Waals surface area contributed by atoms with Crippen molar-refractivity contribution < 1.29 is 22.3 Å². The van der Waals surface area contributed by atoms with Gasteiger partial charge in [-0.15, -0.1) is 0 Å². The zero-order chi connectivity index (χ0) is 25.3. The molecule has 0 radical (unpaired) electrons. The molecular formula is C26H27FN4O4S. The smallest absolute Gasteiger partial charge is 0.268 e. The molecule has 0 atom stereocenters. The lowest BCUT2D eigenvalue weighted by Crippen LogP contribution is -2.39. The van der Waals surface area contributed by atoms with E-state index in [4.69, 9.17) is 4.74 Å². The lowest BCUT2D eigenvalue weighted by molar-refractivity contribution is -0.133. The number of fused-ring (bicyclic) bond motifs is 1. The Morgan fingerprint density at radius 1 is 1.11 bits per heavy atom. The molecule has 3 heterocycles. The molecule has 8 nitrogen and oxygen atoms in total. The minimum absolute atomic E-state index is 0.0936. The van der Waals surface area contributed by atoms with E-state index < -0.39 is 15.8 Å². The van der Waals surface area contributed by atoms with Gasteiger partial charge in [-0.25, -0.2) is 16.8 Å². The first-order valence-electron chi connectivity index (χ1n) is 11.8. The fraction of sp³-hybridized carbons (Fsp3) is 0.308. The van der Waals surface area contributed by atoms with Crippen LogP contribution in [0.5, 0.6) is 0 Å². The number of nitrogens with zero attached hydrogens (tertiary/aromatic N) is 4. The molecule has 2 aromatic carbocycles. The molecule has 5 rings (SSSR count). The van der Waals surface area contributed by atoms with Gasteiger partial charge in [-0.1, -0.05) is 18.2 Å². The van der Waals surface area contributed by atoms with Gasteiger partial charge in [0.15, 0.2) is 0 Å². The van der Waals surface area contributed by atoms with E-state index in [1.165, 1.54) is 30.5 Å². The molecule has 2 aromatic heterocycles. The summed E-state index contributed by atoms with van der Waals surface area (Å²) in [5.41, 5.74) is 1.67. The van der Waals surface area contributed by atoms with Crippen LogP contribution in [-0.4, -0.2) is 59.8 Å². The summed E-state index contributed by atoms with van der Waals surface area (Å²) in [5, 5.41) is 5.17. The molecular weight excluding hydrogens is 483 g/mol.